The van der Waals surface area contributed by atoms with Gasteiger partial charge in [-0.3, -0.25) is 14.3 Å². The summed E-state index contributed by atoms with van der Waals surface area (Å²) in [5.41, 5.74) is -2.38. The maximum atomic E-state index is 12.0. The highest BCUT2D eigenvalue weighted by atomic mass is 16.6. The molecule has 8 heteroatoms. The maximum absolute atomic E-state index is 12.0. The van der Waals surface area contributed by atoms with Crippen LogP contribution in [0.3, 0.4) is 0 Å². The predicted molar refractivity (Wildman–Crippen MR) is 85.7 cm³/mol. The second kappa shape index (κ2) is 6.75. The minimum atomic E-state index is -1.52. The fraction of sp³-hybridized carbons (Fsp3) is 0.294. The molecule has 1 aromatic heterocycles. The molecule has 1 fully saturated rings. The van der Waals surface area contributed by atoms with Gasteiger partial charge >= 0.3 is 11.7 Å². The van der Waals surface area contributed by atoms with Crippen molar-refractivity contribution in [3.05, 3.63) is 69.0 Å². The molecule has 2 heterocycles. The lowest BCUT2D eigenvalue weighted by Gasteiger charge is -2.23. The Hall–Kier alpha value is -3.18. The van der Waals surface area contributed by atoms with Crippen LogP contribution in [0.4, 0.5) is 0 Å². The van der Waals surface area contributed by atoms with Crippen molar-refractivity contribution >= 4 is 5.97 Å². The van der Waals surface area contributed by atoms with Gasteiger partial charge in [-0.2, -0.15) is 5.26 Å². The van der Waals surface area contributed by atoms with Crippen molar-refractivity contribution in [1.29, 1.82) is 5.26 Å². The number of esters is 1. The molecule has 3 rings (SSSR count). The van der Waals surface area contributed by atoms with E-state index in [1.54, 1.807) is 30.3 Å². The molecule has 0 saturated carbocycles. The van der Waals surface area contributed by atoms with Crippen molar-refractivity contribution in [2.45, 2.75) is 24.7 Å². The van der Waals surface area contributed by atoms with Crippen molar-refractivity contribution in [3.8, 4) is 6.07 Å². The number of rotatable bonds is 4. The van der Waals surface area contributed by atoms with Gasteiger partial charge in [-0.05, 0) is 18.6 Å². The third kappa shape index (κ3) is 3.36. The van der Waals surface area contributed by atoms with Gasteiger partial charge < -0.3 is 9.47 Å². The average Bonchev–Trinajstić information content (AvgIpc) is 3.05. The van der Waals surface area contributed by atoms with E-state index in [4.69, 9.17) is 9.47 Å². The van der Waals surface area contributed by atoms with Crippen LogP contribution in [0, 0.1) is 11.3 Å². The molecule has 25 heavy (non-hydrogen) atoms. The molecule has 0 unspecified atom stereocenters. The van der Waals surface area contributed by atoms with Gasteiger partial charge in [0.25, 0.3) is 5.56 Å². The number of hydrogen-bond donors (Lipinski definition) is 1. The molecule has 1 aromatic carbocycles. The second-order valence-electron chi connectivity index (χ2n) is 5.62. The van der Waals surface area contributed by atoms with E-state index >= 15 is 0 Å². The number of nitrogens with zero attached hydrogens (tertiary/aromatic N) is 2. The number of hydrogen-bond acceptors (Lipinski definition) is 6. The Labute approximate surface area is 142 Å². The molecular formula is C17H15N3O5. The van der Waals surface area contributed by atoms with Crippen LogP contribution < -0.4 is 11.2 Å². The lowest BCUT2D eigenvalue weighted by atomic mass is 10.1. The highest BCUT2D eigenvalue weighted by molar-refractivity contribution is 5.89. The fourth-order valence-electron chi connectivity index (χ4n) is 2.71. The van der Waals surface area contributed by atoms with Crippen molar-refractivity contribution in [3.63, 3.8) is 0 Å². The molecular weight excluding hydrogens is 326 g/mol. The SMILES string of the molecule is N#C[C@@]1(n2ccc(=O)[nH]c2=O)CC[C@H](COC(=O)c2ccccc2)O1. The summed E-state index contributed by atoms with van der Waals surface area (Å²) in [7, 11) is 0. The molecule has 0 bridgehead atoms. The standard InChI is InChI=1S/C17H15N3O5/c18-11-17(20-9-7-14(21)19-16(20)23)8-6-13(25-17)10-24-15(22)12-4-2-1-3-5-12/h1-5,7,9,13H,6,8,10H2,(H,19,21,23)/t13-,17-/m1/s1. The van der Waals surface area contributed by atoms with Gasteiger partial charge in [0, 0.05) is 18.7 Å². The minimum Gasteiger partial charge on any atom is -0.459 e. The molecule has 128 valence electrons. The van der Waals surface area contributed by atoms with Crippen LogP contribution >= 0.6 is 0 Å². The van der Waals surface area contributed by atoms with E-state index in [1.807, 2.05) is 6.07 Å². The first kappa shape index (κ1) is 16.7. The summed E-state index contributed by atoms with van der Waals surface area (Å²) in [4.78, 5) is 37.2. The monoisotopic (exact) mass is 341 g/mol. The number of carbonyl (C=O) groups is 1. The molecule has 1 saturated heterocycles. The number of nitrogens with one attached hydrogen (secondary N) is 1. The Morgan fingerprint density at radius 2 is 2.12 bits per heavy atom. The van der Waals surface area contributed by atoms with Gasteiger partial charge in [0.05, 0.1) is 11.7 Å². The van der Waals surface area contributed by atoms with Crippen LogP contribution in [0.15, 0.2) is 52.2 Å². The quantitative estimate of drug-likeness (QED) is 0.821. The first-order valence-corrected chi connectivity index (χ1v) is 7.68. The molecule has 0 aliphatic carbocycles. The summed E-state index contributed by atoms with van der Waals surface area (Å²) < 4.78 is 12.0. The smallest absolute Gasteiger partial charge is 0.338 e. The van der Waals surface area contributed by atoms with Crippen molar-refractivity contribution < 1.29 is 14.3 Å². The van der Waals surface area contributed by atoms with E-state index in [1.165, 1.54) is 6.20 Å². The van der Waals surface area contributed by atoms with Crippen LogP contribution in [0.2, 0.25) is 0 Å². The molecule has 1 aliphatic rings. The number of aromatic amines is 1. The maximum Gasteiger partial charge on any atom is 0.338 e. The highest BCUT2D eigenvalue weighted by Gasteiger charge is 2.43. The van der Waals surface area contributed by atoms with Crippen molar-refractivity contribution in [2.75, 3.05) is 6.61 Å². The molecule has 2 aromatic rings. The summed E-state index contributed by atoms with van der Waals surface area (Å²) >= 11 is 0. The Balaban J connectivity index is 1.69. The number of aromatic nitrogens is 2. The molecule has 0 radical (unpaired) electrons. The van der Waals surface area contributed by atoms with Gasteiger partial charge in [-0.15, -0.1) is 0 Å². The van der Waals surface area contributed by atoms with Gasteiger partial charge in [0.15, 0.2) is 0 Å². The summed E-state index contributed by atoms with van der Waals surface area (Å²) in [6, 6.07) is 11.6. The van der Waals surface area contributed by atoms with Crippen LogP contribution in [-0.2, 0) is 15.2 Å². The summed E-state index contributed by atoms with van der Waals surface area (Å²) in [5.74, 6) is -0.486. The third-order valence-electron chi connectivity index (χ3n) is 3.96. The van der Waals surface area contributed by atoms with Gasteiger partial charge in [0.2, 0.25) is 5.72 Å². The topological polar surface area (TPSA) is 114 Å². The first-order chi connectivity index (χ1) is 12.0. The van der Waals surface area contributed by atoms with E-state index in [-0.39, 0.29) is 13.0 Å². The van der Waals surface area contributed by atoms with Crippen LogP contribution in [0.1, 0.15) is 23.2 Å². The average molecular weight is 341 g/mol. The number of ether oxygens (including phenoxy) is 2. The Bertz CT molecular complexity index is 928. The number of carbonyl (C=O) groups excluding carboxylic acids is 1. The fourth-order valence-corrected chi connectivity index (χ4v) is 2.71. The zero-order valence-corrected chi connectivity index (χ0v) is 13.2. The minimum absolute atomic E-state index is 0.0325. The van der Waals surface area contributed by atoms with Crippen molar-refractivity contribution in [2.24, 2.45) is 0 Å². The zero-order valence-electron chi connectivity index (χ0n) is 13.2. The second-order valence-corrected chi connectivity index (χ2v) is 5.62. The zero-order chi connectivity index (χ0) is 17.9. The van der Waals surface area contributed by atoms with Gasteiger partial charge in [-0.25, -0.2) is 9.59 Å². The van der Waals surface area contributed by atoms with E-state index in [0.717, 1.165) is 10.6 Å². The number of H-pyrrole nitrogens is 1. The predicted octanol–water partition coefficient (Wildman–Crippen LogP) is 0.749. The van der Waals surface area contributed by atoms with Crippen molar-refractivity contribution in [1.82, 2.24) is 9.55 Å². The van der Waals surface area contributed by atoms with Gasteiger partial charge in [0.1, 0.15) is 12.7 Å². The Kier molecular flexibility index (Phi) is 4.50. The Morgan fingerprint density at radius 3 is 2.80 bits per heavy atom. The molecule has 8 nitrogen and oxygen atoms in total. The Morgan fingerprint density at radius 1 is 1.36 bits per heavy atom. The lowest BCUT2D eigenvalue weighted by Crippen LogP contribution is -2.43. The van der Waals surface area contributed by atoms with Gasteiger partial charge in [-0.1, -0.05) is 18.2 Å². The molecule has 0 amide bonds. The summed E-state index contributed by atoms with van der Waals surface area (Å²) in [6.45, 7) is -0.0325. The largest absolute Gasteiger partial charge is 0.459 e. The number of nitriles is 1. The molecule has 1 N–H and O–H groups in total. The van der Waals surface area contributed by atoms with E-state index in [9.17, 15) is 19.6 Å². The van der Waals surface area contributed by atoms with Crippen LogP contribution in [0.25, 0.3) is 0 Å². The highest BCUT2D eigenvalue weighted by Crippen LogP contribution is 2.33. The normalized spacial score (nSPS) is 22.3. The lowest BCUT2D eigenvalue weighted by molar-refractivity contribution is -0.0775. The van der Waals surface area contributed by atoms with E-state index in [0.29, 0.717) is 12.0 Å². The molecule has 0 spiro atoms. The van der Waals surface area contributed by atoms with Crippen LogP contribution in [0.5, 0.6) is 0 Å². The summed E-state index contributed by atoms with van der Waals surface area (Å²) in [6.07, 6.45) is 1.37. The molecule has 2 atom stereocenters. The number of benzene rings is 1. The third-order valence-corrected chi connectivity index (χ3v) is 3.96. The summed E-state index contributed by atoms with van der Waals surface area (Å²) in [5, 5.41) is 9.50. The van der Waals surface area contributed by atoms with E-state index in [2.05, 4.69) is 4.98 Å². The van der Waals surface area contributed by atoms with Crippen LogP contribution in [-0.4, -0.2) is 28.2 Å². The van der Waals surface area contributed by atoms with E-state index < -0.39 is 29.0 Å². The first-order valence-electron chi connectivity index (χ1n) is 7.68. The molecule has 1 aliphatic heterocycles.